The molecule has 0 amide bonds. The number of nitrogens with zero attached hydrogens (tertiary/aromatic N) is 4. The molecule has 0 atom stereocenters. The first kappa shape index (κ1) is 14.3. The number of aromatic nitrogens is 1. The number of thiazole rings is 1. The van der Waals surface area contributed by atoms with E-state index in [2.05, 4.69) is 15.5 Å². The van der Waals surface area contributed by atoms with Gasteiger partial charge in [0.05, 0.1) is 27.8 Å². The van der Waals surface area contributed by atoms with Crippen molar-refractivity contribution in [2.75, 3.05) is 11.2 Å². The third-order valence-electron chi connectivity index (χ3n) is 2.31. The molecular weight excluding hydrogens is 300 g/mol. The molecule has 0 radical (unpaired) electrons. The van der Waals surface area contributed by atoms with Gasteiger partial charge in [0.1, 0.15) is 5.69 Å². The highest BCUT2D eigenvalue weighted by molar-refractivity contribution is 7.13. The first-order chi connectivity index (χ1) is 9.97. The highest BCUT2D eigenvalue weighted by atomic mass is 32.1. The Labute approximate surface area is 121 Å². The molecule has 1 aromatic heterocycles. The monoisotopic (exact) mass is 308 g/mol. The average molecular weight is 308 g/mol. The Bertz CT molecular complexity index is 728. The zero-order valence-electron chi connectivity index (χ0n) is 10.3. The summed E-state index contributed by atoms with van der Waals surface area (Å²) in [5.41, 5.74) is 7.60. The fraction of sp³-hybridized carbons (Fsp3) is 0. The van der Waals surface area contributed by atoms with Crippen molar-refractivity contribution in [2.45, 2.75) is 0 Å². The number of nitro benzene ring substituents is 2. The zero-order chi connectivity index (χ0) is 15.4. The highest BCUT2D eigenvalue weighted by Gasteiger charge is 2.19. The quantitative estimate of drug-likeness (QED) is 0.487. The van der Waals surface area contributed by atoms with Crippen LogP contribution < -0.4 is 11.2 Å². The van der Waals surface area contributed by atoms with Crippen LogP contribution in [0.5, 0.6) is 0 Å². The number of rotatable bonds is 5. The molecule has 2 rings (SSSR count). The van der Waals surface area contributed by atoms with Crippen LogP contribution in [-0.4, -0.2) is 21.0 Å². The van der Waals surface area contributed by atoms with E-state index in [1.807, 2.05) is 0 Å². The van der Waals surface area contributed by atoms with E-state index in [-0.39, 0.29) is 11.4 Å². The summed E-state index contributed by atoms with van der Waals surface area (Å²) in [6.45, 7) is 0. The summed E-state index contributed by atoms with van der Waals surface area (Å²) in [6, 6.07) is 3.22. The van der Waals surface area contributed by atoms with Crippen molar-refractivity contribution in [3.63, 3.8) is 0 Å². The molecule has 0 saturated heterocycles. The lowest BCUT2D eigenvalue weighted by Gasteiger charge is -2.01. The maximum absolute atomic E-state index is 10.9. The number of hydrazone groups is 1. The normalized spacial score (nSPS) is 10.7. The number of hydrogen-bond donors (Lipinski definition) is 2. The number of nitro groups is 2. The van der Waals surface area contributed by atoms with Crippen molar-refractivity contribution < 1.29 is 9.85 Å². The van der Waals surface area contributed by atoms with Gasteiger partial charge in [-0.1, -0.05) is 0 Å². The molecule has 0 unspecified atom stereocenters. The van der Waals surface area contributed by atoms with Crippen LogP contribution in [0.25, 0.3) is 0 Å². The molecule has 1 aromatic carbocycles. The summed E-state index contributed by atoms with van der Waals surface area (Å²) < 4.78 is 0. The largest absolute Gasteiger partial charge is 0.375 e. The van der Waals surface area contributed by atoms with Gasteiger partial charge in [-0.15, -0.1) is 11.3 Å². The lowest BCUT2D eigenvalue weighted by Crippen LogP contribution is -1.98. The lowest BCUT2D eigenvalue weighted by atomic mass is 10.2. The van der Waals surface area contributed by atoms with Crippen molar-refractivity contribution >= 4 is 39.7 Å². The Morgan fingerprint density at radius 3 is 2.67 bits per heavy atom. The smallest absolute Gasteiger partial charge is 0.301 e. The van der Waals surface area contributed by atoms with Gasteiger partial charge in [0, 0.05) is 11.4 Å². The van der Waals surface area contributed by atoms with Crippen LogP contribution in [-0.2, 0) is 0 Å². The fourth-order valence-corrected chi connectivity index (χ4v) is 1.92. The van der Waals surface area contributed by atoms with Gasteiger partial charge >= 0.3 is 5.69 Å². The molecule has 0 aliphatic heterocycles. The van der Waals surface area contributed by atoms with Crippen LogP contribution in [0, 0.1) is 20.2 Å². The van der Waals surface area contributed by atoms with Gasteiger partial charge in [0.25, 0.3) is 5.69 Å². The number of nitrogens with two attached hydrogens (primary N) is 1. The van der Waals surface area contributed by atoms with Crippen LogP contribution in [0.4, 0.5) is 22.2 Å². The molecule has 2 aromatic rings. The summed E-state index contributed by atoms with van der Waals surface area (Å²) >= 11 is 1.23. The Balaban J connectivity index is 2.21. The van der Waals surface area contributed by atoms with Crippen LogP contribution in [0.3, 0.4) is 0 Å². The van der Waals surface area contributed by atoms with Crippen molar-refractivity contribution in [1.29, 1.82) is 0 Å². The molecular formula is C10H8N6O4S. The number of nitrogens with one attached hydrogen (secondary N) is 1. The molecule has 108 valence electrons. The van der Waals surface area contributed by atoms with Crippen LogP contribution in [0.1, 0.15) is 5.69 Å². The first-order valence-corrected chi connectivity index (χ1v) is 6.28. The summed E-state index contributed by atoms with van der Waals surface area (Å²) in [7, 11) is 0. The predicted molar refractivity (Wildman–Crippen MR) is 77.5 cm³/mol. The van der Waals surface area contributed by atoms with E-state index in [1.54, 1.807) is 5.38 Å². The van der Waals surface area contributed by atoms with E-state index in [4.69, 9.17) is 5.73 Å². The van der Waals surface area contributed by atoms with E-state index in [9.17, 15) is 20.2 Å². The van der Waals surface area contributed by atoms with Gasteiger partial charge in [-0.05, 0) is 6.07 Å². The van der Waals surface area contributed by atoms with Gasteiger partial charge in [-0.3, -0.25) is 25.7 Å². The minimum atomic E-state index is -0.730. The first-order valence-electron chi connectivity index (χ1n) is 5.40. The Morgan fingerprint density at radius 2 is 2.10 bits per heavy atom. The second kappa shape index (κ2) is 5.92. The Kier molecular flexibility index (Phi) is 4.04. The van der Waals surface area contributed by atoms with E-state index in [0.29, 0.717) is 10.8 Å². The van der Waals surface area contributed by atoms with Crippen molar-refractivity contribution in [2.24, 2.45) is 5.10 Å². The molecule has 0 aliphatic rings. The number of non-ortho nitro benzene ring substituents is 1. The molecule has 0 aliphatic carbocycles. The van der Waals surface area contributed by atoms with E-state index in [0.717, 1.165) is 12.1 Å². The van der Waals surface area contributed by atoms with Crippen LogP contribution >= 0.6 is 11.3 Å². The molecule has 0 spiro atoms. The zero-order valence-corrected chi connectivity index (χ0v) is 11.1. The summed E-state index contributed by atoms with van der Waals surface area (Å²) in [5.74, 6) is 0. The van der Waals surface area contributed by atoms with Gasteiger partial charge in [0.2, 0.25) is 0 Å². The summed E-state index contributed by atoms with van der Waals surface area (Å²) in [4.78, 5) is 24.0. The fourth-order valence-electron chi connectivity index (χ4n) is 1.41. The maximum Gasteiger partial charge on any atom is 0.301 e. The molecule has 11 heteroatoms. The van der Waals surface area contributed by atoms with Crippen LogP contribution in [0.2, 0.25) is 0 Å². The lowest BCUT2D eigenvalue weighted by molar-refractivity contribution is -0.393. The number of hydrogen-bond acceptors (Lipinski definition) is 9. The summed E-state index contributed by atoms with van der Waals surface area (Å²) in [5, 5.41) is 27.3. The number of anilines is 2. The summed E-state index contributed by atoms with van der Waals surface area (Å²) in [6.07, 6.45) is 1.33. The van der Waals surface area contributed by atoms with Gasteiger partial charge in [-0.25, -0.2) is 4.98 Å². The Morgan fingerprint density at radius 1 is 1.33 bits per heavy atom. The standard InChI is InChI=1S/C10H8N6O4S/c11-10-13-6(5-21-10)4-12-14-8-2-1-7(15(17)18)3-9(8)16(19)20/h1-5,14H,(H2,11,13)/b12-4+. The minimum absolute atomic E-state index is 0.0325. The van der Waals surface area contributed by atoms with Gasteiger partial charge in [-0.2, -0.15) is 5.10 Å². The molecule has 21 heavy (non-hydrogen) atoms. The van der Waals surface area contributed by atoms with Crippen molar-refractivity contribution in [3.05, 3.63) is 49.5 Å². The second-order valence-electron chi connectivity index (χ2n) is 3.70. The SMILES string of the molecule is Nc1nc(/C=N/Nc2ccc([N+](=O)[O-])cc2[N+](=O)[O-])cs1. The number of benzene rings is 1. The van der Waals surface area contributed by atoms with Crippen molar-refractivity contribution in [1.82, 2.24) is 4.98 Å². The molecule has 0 bridgehead atoms. The topological polar surface area (TPSA) is 150 Å². The predicted octanol–water partition coefficient (Wildman–Crippen LogP) is 1.99. The molecule has 0 saturated carbocycles. The Hall–Kier alpha value is -3.08. The van der Waals surface area contributed by atoms with Gasteiger partial charge in [0.15, 0.2) is 5.13 Å². The second-order valence-corrected chi connectivity index (χ2v) is 4.59. The van der Waals surface area contributed by atoms with E-state index >= 15 is 0 Å². The number of nitrogen functional groups attached to an aromatic ring is 1. The van der Waals surface area contributed by atoms with Crippen molar-refractivity contribution in [3.8, 4) is 0 Å². The molecule has 0 fully saturated rings. The van der Waals surface area contributed by atoms with E-state index < -0.39 is 15.5 Å². The maximum atomic E-state index is 10.9. The molecule has 10 nitrogen and oxygen atoms in total. The molecule has 3 N–H and O–H groups in total. The van der Waals surface area contributed by atoms with E-state index in [1.165, 1.54) is 23.6 Å². The average Bonchev–Trinajstić information content (AvgIpc) is 2.84. The third-order valence-corrected chi connectivity index (χ3v) is 3.00. The van der Waals surface area contributed by atoms with Gasteiger partial charge < -0.3 is 5.73 Å². The highest BCUT2D eigenvalue weighted by Crippen LogP contribution is 2.28. The third kappa shape index (κ3) is 3.48. The van der Waals surface area contributed by atoms with Crippen LogP contribution in [0.15, 0.2) is 28.7 Å². The molecule has 1 heterocycles. The minimum Gasteiger partial charge on any atom is -0.375 e.